The van der Waals surface area contributed by atoms with Crippen molar-refractivity contribution in [3.8, 4) is 0 Å². The van der Waals surface area contributed by atoms with Crippen molar-refractivity contribution in [1.82, 2.24) is 10.2 Å². The minimum Gasteiger partial charge on any atom is -0.354 e. The van der Waals surface area contributed by atoms with Crippen molar-refractivity contribution < 1.29 is 14.0 Å². The molecule has 2 aromatic carbocycles. The van der Waals surface area contributed by atoms with E-state index in [1.165, 1.54) is 28.8 Å². The number of benzene rings is 2. The van der Waals surface area contributed by atoms with Crippen molar-refractivity contribution in [1.29, 1.82) is 0 Å². The number of carbonyl (C=O) groups is 2. The average molecular weight is 534 g/mol. The molecule has 0 radical (unpaired) electrons. The molecule has 0 aliphatic rings. The van der Waals surface area contributed by atoms with Crippen LogP contribution in [0.15, 0.2) is 36.4 Å². The van der Waals surface area contributed by atoms with Gasteiger partial charge in [-0.15, -0.1) is 11.8 Å². The monoisotopic (exact) mass is 532 g/mol. The van der Waals surface area contributed by atoms with Gasteiger partial charge in [0.25, 0.3) is 0 Å². The highest BCUT2D eigenvalue weighted by molar-refractivity contribution is 7.99. The normalized spacial score (nSPS) is 12.0. The van der Waals surface area contributed by atoms with Crippen LogP contribution in [0.4, 0.5) is 4.39 Å². The third kappa shape index (κ3) is 8.36. The lowest BCUT2D eigenvalue weighted by Gasteiger charge is -2.31. The van der Waals surface area contributed by atoms with Crippen molar-refractivity contribution in [2.45, 2.75) is 45.5 Å². The fraction of sp³-hybridized carbons (Fsp3) is 0.417. The zero-order valence-corrected chi connectivity index (χ0v) is 21.9. The average Bonchev–Trinajstić information content (AvgIpc) is 2.75. The zero-order chi connectivity index (χ0) is 24.5. The third-order valence-corrected chi connectivity index (χ3v) is 6.84. The molecular formula is C24H28Cl3FN2O2S. The molecule has 0 spiro atoms. The lowest BCUT2D eigenvalue weighted by molar-refractivity contribution is -0.139. The van der Waals surface area contributed by atoms with Gasteiger partial charge in [0.2, 0.25) is 11.8 Å². The summed E-state index contributed by atoms with van der Waals surface area (Å²) in [6.07, 6.45) is 0.435. The summed E-state index contributed by atoms with van der Waals surface area (Å²) in [6.45, 7) is 6.53. The van der Waals surface area contributed by atoms with Gasteiger partial charge in [-0.05, 0) is 42.2 Å². The van der Waals surface area contributed by atoms with Crippen LogP contribution in [0.3, 0.4) is 0 Å². The van der Waals surface area contributed by atoms with Gasteiger partial charge in [0.1, 0.15) is 11.9 Å². The summed E-state index contributed by atoms with van der Waals surface area (Å²) in [5.41, 5.74) is 1.04. The number of hydrogen-bond acceptors (Lipinski definition) is 3. The molecule has 2 rings (SSSR count). The molecule has 0 aliphatic heterocycles. The maximum absolute atomic E-state index is 14.1. The Labute approximate surface area is 214 Å². The maximum atomic E-state index is 14.1. The van der Waals surface area contributed by atoms with Crippen molar-refractivity contribution in [3.05, 3.63) is 68.4 Å². The van der Waals surface area contributed by atoms with Crippen LogP contribution in [-0.4, -0.2) is 35.1 Å². The van der Waals surface area contributed by atoms with Crippen LogP contribution in [-0.2, 0) is 21.9 Å². The molecule has 2 aromatic rings. The summed E-state index contributed by atoms with van der Waals surface area (Å²) in [6, 6.07) is 8.87. The largest absolute Gasteiger partial charge is 0.354 e. The van der Waals surface area contributed by atoms with E-state index >= 15 is 0 Å². The first-order valence-electron chi connectivity index (χ1n) is 10.7. The number of hydrogen-bond donors (Lipinski definition) is 1. The van der Waals surface area contributed by atoms with Gasteiger partial charge in [0.15, 0.2) is 0 Å². The Kier molecular flexibility index (Phi) is 11.3. The van der Waals surface area contributed by atoms with E-state index in [4.69, 9.17) is 34.8 Å². The summed E-state index contributed by atoms with van der Waals surface area (Å²) in [5, 5.41) is 4.14. The first-order chi connectivity index (χ1) is 15.6. The predicted molar refractivity (Wildman–Crippen MR) is 137 cm³/mol. The highest BCUT2D eigenvalue weighted by Gasteiger charge is 2.29. The molecular weight excluding hydrogens is 506 g/mol. The van der Waals surface area contributed by atoms with Crippen molar-refractivity contribution in [3.63, 3.8) is 0 Å². The second-order valence-electron chi connectivity index (χ2n) is 8.01. The number of amides is 2. The van der Waals surface area contributed by atoms with Gasteiger partial charge in [0.05, 0.1) is 5.75 Å². The van der Waals surface area contributed by atoms with Gasteiger partial charge >= 0.3 is 0 Å². The molecule has 33 heavy (non-hydrogen) atoms. The van der Waals surface area contributed by atoms with Crippen molar-refractivity contribution in [2.24, 2.45) is 5.92 Å². The van der Waals surface area contributed by atoms with Crippen LogP contribution in [0.1, 0.15) is 38.3 Å². The molecule has 0 aliphatic carbocycles. The maximum Gasteiger partial charge on any atom is 0.242 e. The molecule has 2 amide bonds. The lowest BCUT2D eigenvalue weighted by Crippen LogP contribution is -2.50. The highest BCUT2D eigenvalue weighted by Crippen LogP contribution is 2.26. The zero-order valence-electron chi connectivity index (χ0n) is 18.8. The van der Waals surface area contributed by atoms with Gasteiger partial charge in [0, 0.05) is 39.5 Å². The third-order valence-electron chi connectivity index (χ3n) is 4.96. The molecule has 0 heterocycles. The predicted octanol–water partition coefficient (Wildman–Crippen LogP) is 6.60. The van der Waals surface area contributed by atoms with E-state index in [9.17, 15) is 14.0 Å². The quantitative estimate of drug-likeness (QED) is 0.354. The standard InChI is InChI=1S/C24H28Cl3FN2O2S/c1-4-22(24(32)29-11-15(2)3)30(12-16-8-9-17(25)10-20(16)27)23(31)14-33-13-18-19(26)6-5-7-21(18)28/h5-10,15,22H,4,11-14H2,1-3H3,(H,29,32). The highest BCUT2D eigenvalue weighted by atomic mass is 35.5. The van der Waals surface area contributed by atoms with Gasteiger partial charge in [-0.1, -0.05) is 67.7 Å². The molecule has 0 bridgehead atoms. The number of carbonyl (C=O) groups excluding carboxylic acids is 2. The Morgan fingerprint density at radius 1 is 1.12 bits per heavy atom. The van der Waals surface area contributed by atoms with Crippen LogP contribution in [0.25, 0.3) is 0 Å². The number of rotatable bonds is 11. The van der Waals surface area contributed by atoms with Gasteiger partial charge in [-0.3, -0.25) is 9.59 Å². The van der Waals surface area contributed by atoms with Gasteiger partial charge in [-0.2, -0.15) is 0 Å². The molecule has 0 aromatic heterocycles. The fourth-order valence-electron chi connectivity index (χ4n) is 3.17. The molecule has 1 atom stereocenters. The molecule has 1 N–H and O–H groups in total. The van der Waals surface area contributed by atoms with Crippen molar-refractivity contribution in [2.75, 3.05) is 12.3 Å². The number of nitrogens with one attached hydrogen (secondary N) is 1. The van der Waals surface area contributed by atoms with E-state index in [-0.39, 0.29) is 35.8 Å². The first-order valence-corrected chi connectivity index (χ1v) is 12.9. The Morgan fingerprint density at radius 2 is 1.85 bits per heavy atom. The van der Waals surface area contributed by atoms with Crippen LogP contribution >= 0.6 is 46.6 Å². The van der Waals surface area contributed by atoms with E-state index < -0.39 is 11.9 Å². The molecule has 0 fully saturated rings. The minimum atomic E-state index is -0.666. The summed E-state index contributed by atoms with van der Waals surface area (Å²) >= 11 is 19.7. The number of halogens is 4. The Morgan fingerprint density at radius 3 is 2.45 bits per heavy atom. The second kappa shape index (κ2) is 13.4. The van der Waals surface area contributed by atoms with Crippen LogP contribution in [0.5, 0.6) is 0 Å². The first kappa shape index (κ1) is 27.8. The second-order valence-corrected chi connectivity index (χ2v) is 10.2. The van der Waals surface area contributed by atoms with Crippen LogP contribution in [0, 0.1) is 11.7 Å². The molecule has 0 saturated heterocycles. The molecule has 180 valence electrons. The summed E-state index contributed by atoms with van der Waals surface area (Å²) < 4.78 is 14.1. The smallest absolute Gasteiger partial charge is 0.242 e. The Balaban J connectivity index is 2.20. The summed E-state index contributed by atoms with van der Waals surface area (Å²) in [4.78, 5) is 27.7. The van der Waals surface area contributed by atoms with Crippen LogP contribution in [0.2, 0.25) is 15.1 Å². The Bertz CT molecular complexity index is 954. The number of nitrogens with zero attached hydrogens (tertiary/aromatic N) is 1. The number of thioether (sulfide) groups is 1. The Hall–Kier alpha value is -1.47. The lowest BCUT2D eigenvalue weighted by atomic mass is 10.1. The van der Waals surface area contributed by atoms with Crippen molar-refractivity contribution >= 4 is 58.4 Å². The molecule has 0 saturated carbocycles. The minimum absolute atomic E-state index is 0.0594. The summed E-state index contributed by atoms with van der Waals surface area (Å²) in [7, 11) is 0. The van der Waals surface area contributed by atoms with E-state index in [0.29, 0.717) is 39.2 Å². The molecule has 1 unspecified atom stereocenters. The van der Waals surface area contributed by atoms with Crippen LogP contribution < -0.4 is 5.32 Å². The fourth-order valence-corrected chi connectivity index (χ4v) is 4.89. The molecule has 9 heteroatoms. The topological polar surface area (TPSA) is 49.4 Å². The molecule has 4 nitrogen and oxygen atoms in total. The summed E-state index contributed by atoms with van der Waals surface area (Å²) in [5.74, 6) is -0.293. The van der Waals surface area contributed by atoms with E-state index in [2.05, 4.69) is 5.32 Å². The van der Waals surface area contributed by atoms with E-state index in [1.54, 1.807) is 24.3 Å². The van der Waals surface area contributed by atoms with Gasteiger partial charge < -0.3 is 10.2 Å². The van der Waals surface area contributed by atoms with E-state index in [0.717, 1.165) is 0 Å². The SMILES string of the molecule is CCC(C(=O)NCC(C)C)N(Cc1ccc(Cl)cc1Cl)C(=O)CSCc1c(F)cccc1Cl. The van der Waals surface area contributed by atoms with Gasteiger partial charge in [-0.25, -0.2) is 4.39 Å². The van der Waals surface area contributed by atoms with E-state index in [1.807, 2.05) is 20.8 Å².